The SMILES string of the molecule is CCCCCCCCCCCCCC=CC(=O)C(OC(CC(=O)O)C(=O)O)C(O)CO. The second kappa shape index (κ2) is 19.0. The predicted octanol–water partition coefficient (Wildman–Crippen LogP) is 3.48. The summed E-state index contributed by atoms with van der Waals surface area (Å²) in [6, 6.07) is 0. The van der Waals surface area contributed by atoms with Gasteiger partial charge in [-0.3, -0.25) is 9.59 Å². The predicted molar refractivity (Wildman–Crippen MR) is 117 cm³/mol. The summed E-state index contributed by atoms with van der Waals surface area (Å²) in [6.45, 7) is 1.40. The van der Waals surface area contributed by atoms with Gasteiger partial charge in [-0.15, -0.1) is 0 Å². The second-order valence-electron chi connectivity index (χ2n) is 7.86. The number of ketones is 1. The van der Waals surface area contributed by atoms with Gasteiger partial charge < -0.3 is 25.2 Å². The first-order valence-electron chi connectivity index (χ1n) is 11.4. The molecule has 0 heterocycles. The number of hydrogen-bond donors (Lipinski definition) is 4. The number of unbranched alkanes of at least 4 members (excludes halogenated alkanes) is 11. The van der Waals surface area contributed by atoms with Crippen LogP contribution in [0.3, 0.4) is 0 Å². The molecule has 0 amide bonds. The van der Waals surface area contributed by atoms with Gasteiger partial charge >= 0.3 is 11.9 Å². The molecular formula is C23H40O8. The lowest BCUT2D eigenvalue weighted by Gasteiger charge is -2.22. The van der Waals surface area contributed by atoms with E-state index in [2.05, 4.69) is 6.92 Å². The van der Waals surface area contributed by atoms with Gasteiger partial charge in [-0.1, -0.05) is 77.2 Å². The number of aliphatic hydroxyl groups excluding tert-OH is 2. The normalized spacial score (nSPS) is 14.4. The Morgan fingerprint density at radius 2 is 1.39 bits per heavy atom. The van der Waals surface area contributed by atoms with Crippen LogP contribution in [0.5, 0.6) is 0 Å². The summed E-state index contributed by atoms with van der Waals surface area (Å²) in [5.74, 6) is -3.68. The maximum Gasteiger partial charge on any atom is 0.333 e. The number of carboxylic acids is 2. The van der Waals surface area contributed by atoms with Crippen molar-refractivity contribution in [3.8, 4) is 0 Å². The summed E-state index contributed by atoms with van der Waals surface area (Å²) in [6.07, 6.45) is 10.9. The smallest absolute Gasteiger partial charge is 0.333 e. The fourth-order valence-electron chi connectivity index (χ4n) is 3.19. The van der Waals surface area contributed by atoms with E-state index >= 15 is 0 Å². The Morgan fingerprint density at radius 3 is 1.84 bits per heavy atom. The van der Waals surface area contributed by atoms with Gasteiger partial charge in [0.2, 0.25) is 0 Å². The molecular weight excluding hydrogens is 404 g/mol. The Bertz CT molecular complexity index is 532. The standard InChI is InChI=1S/C23H40O8/c1-2-3-4-5-6-7-8-9-10-11-12-13-14-15-18(25)22(19(26)17-24)31-20(23(29)30)16-21(27)28/h14-15,19-20,22,24,26H,2-13,16-17H2,1H3,(H,27,28)(H,29,30). The van der Waals surface area contributed by atoms with Gasteiger partial charge in [0.05, 0.1) is 13.0 Å². The van der Waals surface area contributed by atoms with E-state index in [1.165, 1.54) is 57.4 Å². The maximum absolute atomic E-state index is 12.3. The number of aliphatic hydroxyl groups is 2. The van der Waals surface area contributed by atoms with Crippen LogP contribution in [0.15, 0.2) is 12.2 Å². The molecule has 3 unspecified atom stereocenters. The second-order valence-corrected chi connectivity index (χ2v) is 7.86. The minimum absolute atomic E-state index is 0.655. The van der Waals surface area contributed by atoms with E-state index in [4.69, 9.17) is 20.1 Å². The van der Waals surface area contributed by atoms with E-state index in [9.17, 15) is 19.5 Å². The van der Waals surface area contributed by atoms with Gasteiger partial charge in [0.15, 0.2) is 11.9 Å². The zero-order valence-electron chi connectivity index (χ0n) is 18.7. The van der Waals surface area contributed by atoms with Gasteiger partial charge in [0.1, 0.15) is 12.2 Å². The lowest BCUT2D eigenvalue weighted by molar-refractivity contribution is -0.169. The van der Waals surface area contributed by atoms with Crippen LogP contribution in [-0.4, -0.2) is 63.1 Å². The molecule has 0 fully saturated rings. The van der Waals surface area contributed by atoms with Crippen LogP contribution in [0.1, 0.15) is 90.4 Å². The number of ether oxygens (including phenoxy) is 1. The Morgan fingerprint density at radius 1 is 0.871 bits per heavy atom. The molecule has 0 rings (SSSR count). The Balaban J connectivity index is 4.20. The molecule has 0 saturated heterocycles. The van der Waals surface area contributed by atoms with Gasteiger partial charge in [0.25, 0.3) is 0 Å². The van der Waals surface area contributed by atoms with Crippen LogP contribution in [0.2, 0.25) is 0 Å². The minimum Gasteiger partial charge on any atom is -0.481 e. The van der Waals surface area contributed by atoms with Crippen molar-refractivity contribution in [3.63, 3.8) is 0 Å². The van der Waals surface area contributed by atoms with Crippen molar-refractivity contribution in [3.05, 3.63) is 12.2 Å². The molecule has 0 saturated carbocycles. The lowest BCUT2D eigenvalue weighted by atomic mass is 10.0. The molecule has 8 nitrogen and oxygen atoms in total. The van der Waals surface area contributed by atoms with Crippen molar-refractivity contribution in [2.24, 2.45) is 0 Å². The minimum atomic E-state index is -1.80. The third kappa shape index (κ3) is 15.6. The topological polar surface area (TPSA) is 141 Å². The number of allylic oxidation sites excluding steroid dienone is 1. The number of carbonyl (C=O) groups excluding carboxylic acids is 1. The first-order chi connectivity index (χ1) is 14.8. The molecule has 0 aromatic heterocycles. The van der Waals surface area contributed by atoms with Crippen LogP contribution >= 0.6 is 0 Å². The molecule has 0 bridgehead atoms. The van der Waals surface area contributed by atoms with Gasteiger partial charge in [-0.25, -0.2) is 4.79 Å². The third-order valence-corrected chi connectivity index (χ3v) is 5.02. The van der Waals surface area contributed by atoms with E-state index in [-0.39, 0.29) is 0 Å². The average Bonchev–Trinajstić information content (AvgIpc) is 2.73. The van der Waals surface area contributed by atoms with Crippen molar-refractivity contribution in [1.29, 1.82) is 0 Å². The summed E-state index contributed by atoms with van der Waals surface area (Å²) >= 11 is 0. The summed E-state index contributed by atoms with van der Waals surface area (Å²) in [7, 11) is 0. The Labute approximate surface area is 185 Å². The molecule has 3 atom stereocenters. The lowest BCUT2D eigenvalue weighted by Crippen LogP contribution is -2.43. The average molecular weight is 445 g/mol. The zero-order valence-corrected chi connectivity index (χ0v) is 18.7. The highest BCUT2D eigenvalue weighted by molar-refractivity contribution is 5.94. The van der Waals surface area contributed by atoms with Gasteiger partial charge in [-0.2, -0.15) is 0 Å². The van der Waals surface area contributed by atoms with Crippen LogP contribution in [-0.2, 0) is 19.1 Å². The molecule has 0 spiro atoms. The van der Waals surface area contributed by atoms with E-state index in [0.717, 1.165) is 19.3 Å². The molecule has 0 aromatic rings. The highest BCUT2D eigenvalue weighted by Crippen LogP contribution is 2.13. The Kier molecular flexibility index (Phi) is 17.9. The maximum atomic E-state index is 12.3. The van der Waals surface area contributed by atoms with E-state index < -0.39 is 49.1 Å². The molecule has 0 aliphatic rings. The molecule has 31 heavy (non-hydrogen) atoms. The molecule has 180 valence electrons. The molecule has 0 aliphatic carbocycles. The number of aliphatic carboxylic acids is 2. The molecule has 0 aromatic carbocycles. The third-order valence-electron chi connectivity index (χ3n) is 5.02. The number of hydrogen-bond acceptors (Lipinski definition) is 6. The molecule has 4 N–H and O–H groups in total. The number of carboxylic acid groups (broad SMARTS) is 2. The summed E-state index contributed by atoms with van der Waals surface area (Å²) in [5.41, 5.74) is 0. The summed E-state index contributed by atoms with van der Waals surface area (Å²) in [5, 5.41) is 36.7. The van der Waals surface area contributed by atoms with Crippen LogP contribution in [0.25, 0.3) is 0 Å². The molecule has 0 aliphatic heterocycles. The van der Waals surface area contributed by atoms with E-state index in [1.807, 2.05) is 0 Å². The fourth-order valence-corrected chi connectivity index (χ4v) is 3.19. The quantitative estimate of drug-likeness (QED) is 0.156. The monoisotopic (exact) mass is 444 g/mol. The van der Waals surface area contributed by atoms with Gasteiger partial charge in [-0.05, 0) is 18.9 Å². The van der Waals surface area contributed by atoms with Crippen molar-refractivity contribution in [1.82, 2.24) is 0 Å². The van der Waals surface area contributed by atoms with E-state index in [0.29, 0.717) is 6.42 Å². The van der Waals surface area contributed by atoms with Crippen molar-refractivity contribution in [2.75, 3.05) is 6.61 Å². The summed E-state index contributed by atoms with van der Waals surface area (Å²) in [4.78, 5) is 34.2. The first-order valence-corrected chi connectivity index (χ1v) is 11.4. The molecule has 0 radical (unpaired) electrons. The first kappa shape index (κ1) is 29.2. The largest absolute Gasteiger partial charge is 0.481 e. The number of carbonyl (C=O) groups is 3. The Hall–Kier alpha value is -1.77. The highest BCUT2D eigenvalue weighted by atomic mass is 16.5. The van der Waals surface area contributed by atoms with Crippen molar-refractivity contribution < 1.29 is 39.5 Å². The zero-order chi connectivity index (χ0) is 23.5. The highest BCUT2D eigenvalue weighted by Gasteiger charge is 2.32. The van der Waals surface area contributed by atoms with Crippen LogP contribution < -0.4 is 0 Å². The van der Waals surface area contributed by atoms with Crippen molar-refractivity contribution >= 4 is 17.7 Å². The molecule has 8 heteroatoms. The van der Waals surface area contributed by atoms with Crippen LogP contribution in [0.4, 0.5) is 0 Å². The van der Waals surface area contributed by atoms with E-state index in [1.54, 1.807) is 6.08 Å². The summed E-state index contributed by atoms with van der Waals surface area (Å²) < 4.78 is 5.01. The van der Waals surface area contributed by atoms with Gasteiger partial charge in [0, 0.05) is 0 Å². The van der Waals surface area contributed by atoms with Crippen molar-refractivity contribution in [2.45, 2.75) is 109 Å². The fraction of sp³-hybridized carbons (Fsp3) is 0.783. The van der Waals surface area contributed by atoms with Crippen LogP contribution in [0, 0.1) is 0 Å². The number of rotatable bonds is 21.